The third-order valence-corrected chi connectivity index (χ3v) is 6.83. The van der Waals surface area contributed by atoms with Gasteiger partial charge in [0, 0.05) is 54.5 Å². The fraction of sp³-hybridized carbons (Fsp3) is 0.345. The summed E-state index contributed by atoms with van der Waals surface area (Å²) >= 11 is 0. The van der Waals surface area contributed by atoms with Crippen molar-refractivity contribution in [2.45, 2.75) is 46.2 Å². The standard InChI is InChI=1S/C29H34N4/c1-6-13-31-19-24(5)32(20-23(31)4)28-15-25(14-26-9-7-8-10-27(26)18-30)16-29(17-28)33-21(2)11-12-22(33)3/h6-12,15-17,23-24H,1,13-14,19-20H2,2-5H3/t23-,24+/m1/s1. The summed E-state index contributed by atoms with van der Waals surface area (Å²) in [6.45, 7) is 15.8. The topological polar surface area (TPSA) is 35.2 Å². The molecule has 1 aromatic heterocycles. The van der Waals surface area contributed by atoms with Gasteiger partial charge in [0.25, 0.3) is 0 Å². The molecule has 0 bridgehead atoms. The van der Waals surface area contributed by atoms with Gasteiger partial charge in [0.05, 0.1) is 11.6 Å². The van der Waals surface area contributed by atoms with Crippen molar-refractivity contribution in [2.75, 3.05) is 24.5 Å². The smallest absolute Gasteiger partial charge is 0.0994 e. The first-order valence-corrected chi connectivity index (χ1v) is 11.8. The van der Waals surface area contributed by atoms with Gasteiger partial charge in [0.2, 0.25) is 0 Å². The van der Waals surface area contributed by atoms with E-state index < -0.39 is 0 Å². The molecule has 1 saturated heterocycles. The molecule has 33 heavy (non-hydrogen) atoms. The molecule has 0 unspecified atom stereocenters. The molecule has 2 atom stereocenters. The molecule has 170 valence electrons. The number of benzene rings is 2. The maximum atomic E-state index is 9.59. The molecule has 4 nitrogen and oxygen atoms in total. The van der Waals surface area contributed by atoms with Gasteiger partial charge in [-0.05, 0) is 81.6 Å². The number of aryl methyl sites for hydroxylation is 2. The Morgan fingerprint density at radius 3 is 2.36 bits per heavy atom. The van der Waals surface area contributed by atoms with Gasteiger partial charge in [-0.3, -0.25) is 4.90 Å². The molecular formula is C29H34N4. The van der Waals surface area contributed by atoms with Crippen LogP contribution in [0.5, 0.6) is 0 Å². The minimum absolute atomic E-state index is 0.405. The Kier molecular flexibility index (Phi) is 6.72. The second-order valence-corrected chi connectivity index (χ2v) is 9.35. The Balaban J connectivity index is 1.77. The highest BCUT2D eigenvalue weighted by Crippen LogP contribution is 2.30. The second kappa shape index (κ2) is 9.68. The summed E-state index contributed by atoms with van der Waals surface area (Å²) in [7, 11) is 0. The van der Waals surface area contributed by atoms with E-state index in [0.717, 1.165) is 37.2 Å². The molecule has 0 spiro atoms. The third kappa shape index (κ3) is 4.74. The average Bonchev–Trinajstić information content (AvgIpc) is 3.14. The van der Waals surface area contributed by atoms with E-state index in [1.165, 1.54) is 28.3 Å². The molecule has 0 aliphatic carbocycles. The maximum Gasteiger partial charge on any atom is 0.0994 e. The van der Waals surface area contributed by atoms with E-state index in [4.69, 9.17) is 0 Å². The first-order valence-electron chi connectivity index (χ1n) is 11.8. The number of rotatable bonds is 6. The van der Waals surface area contributed by atoms with Crippen molar-refractivity contribution in [3.8, 4) is 11.8 Å². The quantitative estimate of drug-likeness (QED) is 0.467. The zero-order chi connectivity index (χ0) is 23.5. The van der Waals surface area contributed by atoms with Crippen LogP contribution in [0.1, 0.15) is 41.9 Å². The van der Waals surface area contributed by atoms with Crippen molar-refractivity contribution in [1.29, 1.82) is 5.26 Å². The van der Waals surface area contributed by atoms with Crippen molar-refractivity contribution >= 4 is 5.69 Å². The van der Waals surface area contributed by atoms with Crippen LogP contribution in [0.25, 0.3) is 5.69 Å². The van der Waals surface area contributed by atoms with Crippen LogP contribution in [0.2, 0.25) is 0 Å². The van der Waals surface area contributed by atoms with E-state index >= 15 is 0 Å². The van der Waals surface area contributed by atoms with E-state index in [1.54, 1.807) is 0 Å². The molecule has 0 amide bonds. The lowest BCUT2D eigenvalue weighted by Crippen LogP contribution is -2.56. The Morgan fingerprint density at radius 2 is 1.67 bits per heavy atom. The fourth-order valence-electron chi connectivity index (χ4n) is 5.11. The molecule has 1 aliphatic heterocycles. The van der Waals surface area contributed by atoms with Gasteiger partial charge in [-0.2, -0.15) is 5.26 Å². The Labute approximate surface area is 198 Å². The number of nitrogens with zero attached hydrogens (tertiary/aromatic N) is 4. The van der Waals surface area contributed by atoms with Crippen LogP contribution >= 0.6 is 0 Å². The summed E-state index contributed by atoms with van der Waals surface area (Å²) in [5.74, 6) is 0. The first-order chi connectivity index (χ1) is 15.9. The summed E-state index contributed by atoms with van der Waals surface area (Å²) in [4.78, 5) is 5.05. The zero-order valence-corrected chi connectivity index (χ0v) is 20.3. The minimum atomic E-state index is 0.405. The van der Waals surface area contributed by atoms with Crippen LogP contribution < -0.4 is 4.90 Å². The number of hydrogen-bond acceptors (Lipinski definition) is 3. The van der Waals surface area contributed by atoms with E-state index in [0.29, 0.717) is 12.1 Å². The van der Waals surface area contributed by atoms with Gasteiger partial charge in [-0.15, -0.1) is 6.58 Å². The van der Waals surface area contributed by atoms with Gasteiger partial charge in [0.1, 0.15) is 0 Å². The van der Waals surface area contributed by atoms with Crippen molar-refractivity contribution in [2.24, 2.45) is 0 Å². The second-order valence-electron chi connectivity index (χ2n) is 9.35. The van der Waals surface area contributed by atoms with E-state index in [1.807, 2.05) is 24.3 Å². The van der Waals surface area contributed by atoms with Gasteiger partial charge in [-0.1, -0.05) is 24.3 Å². The molecular weight excluding hydrogens is 404 g/mol. The van der Waals surface area contributed by atoms with Crippen molar-refractivity contribution < 1.29 is 0 Å². The van der Waals surface area contributed by atoms with Gasteiger partial charge in [-0.25, -0.2) is 0 Å². The number of nitriles is 1. The molecule has 3 aromatic rings. The number of piperazine rings is 1. The summed E-state index contributed by atoms with van der Waals surface area (Å²) in [6.07, 6.45) is 2.74. The molecule has 0 radical (unpaired) electrons. The minimum Gasteiger partial charge on any atom is -0.366 e. The summed E-state index contributed by atoms with van der Waals surface area (Å²) in [5, 5.41) is 9.59. The van der Waals surface area contributed by atoms with Crippen molar-refractivity contribution in [3.63, 3.8) is 0 Å². The van der Waals surface area contributed by atoms with Crippen LogP contribution in [0.4, 0.5) is 5.69 Å². The fourth-order valence-corrected chi connectivity index (χ4v) is 5.11. The van der Waals surface area contributed by atoms with Crippen molar-refractivity contribution in [3.05, 3.63) is 95.3 Å². The highest BCUT2D eigenvalue weighted by molar-refractivity contribution is 5.59. The van der Waals surface area contributed by atoms with Crippen LogP contribution in [0, 0.1) is 25.2 Å². The van der Waals surface area contributed by atoms with Crippen molar-refractivity contribution in [1.82, 2.24) is 9.47 Å². The van der Waals surface area contributed by atoms with Crippen LogP contribution in [-0.4, -0.2) is 41.2 Å². The summed E-state index contributed by atoms with van der Waals surface area (Å²) in [6, 6.07) is 22.4. The number of aromatic nitrogens is 1. The Hall–Kier alpha value is -3.29. The largest absolute Gasteiger partial charge is 0.366 e. The highest BCUT2D eigenvalue weighted by atomic mass is 15.3. The molecule has 0 saturated carbocycles. The predicted octanol–water partition coefficient (Wildman–Crippen LogP) is 5.64. The lowest BCUT2D eigenvalue weighted by molar-refractivity contribution is 0.184. The average molecular weight is 439 g/mol. The van der Waals surface area contributed by atoms with Crippen LogP contribution in [-0.2, 0) is 6.42 Å². The van der Waals surface area contributed by atoms with E-state index in [-0.39, 0.29) is 0 Å². The maximum absolute atomic E-state index is 9.59. The van der Waals surface area contributed by atoms with Gasteiger partial charge >= 0.3 is 0 Å². The highest BCUT2D eigenvalue weighted by Gasteiger charge is 2.29. The summed E-state index contributed by atoms with van der Waals surface area (Å²) in [5.41, 5.74) is 7.94. The molecule has 0 N–H and O–H groups in total. The van der Waals surface area contributed by atoms with E-state index in [2.05, 4.69) is 91.1 Å². The molecule has 4 rings (SSSR count). The van der Waals surface area contributed by atoms with Crippen LogP contribution in [0.15, 0.2) is 67.3 Å². The summed E-state index contributed by atoms with van der Waals surface area (Å²) < 4.78 is 2.32. The Bertz CT molecular complexity index is 1160. The molecule has 2 aromatic carbocycles. The molecule has 1 fully saturated rings. The zero-order valence-electron chi connectivity index (χ0n) is 20.3. The van der Waals surface area contributed by atoms with Gasteiger partial charge < -0.3 is 9.47 Å². The van der Waals surface area contributed by atoms with E-state index in [9.17, 15) is 5.26 Å². The first kappa shape index (κ1) is 22.9. The molecule has 2 heterocycles. The lowest BCUT2D eigenvalue weighted by atomic mass is 9.98. The number of anilines is 1. The predicted molar refractivity (Wildman–Crippen MR) is 137 cm³/mol. The SMILES string of the molecule is C=CCN1C[C@H](C)N(c2cc(Cc3ccccc3C#N)cc(-n3c(C)ccc3C)c2)C[C@H]1C. The third-order valence-electron chi connectivity index (χ3n) is 6.83. The van der Waals surface area contributed by atoms with Gasteiger partial charge in [0.15, 0.2) is 0 Å². The number of hydrogen-bond donors (Lipinski definition) is 0. The van der Waals surface area contributed by atoms with Crippen LogP contribution in [0.3, 0.4) is 0 Å². The molecule has 1 aliphatic rings. The Morgan fingerprint density at radius 1 is 0.970 bits per heavy atom. The monoisotopic (exact) mass is 438 g/mol. The normalized spacial score (nSPS) is 18.8. The molecule has 4 heteroatoms. The lowest BCUT2D eigenvalue weighted by Gasteiger charge is -2.45.